The maximum absolute atomic E-state index is 12.7. The number of aliphatic hydroxyl groups is 1. The number of carbonyl (C=O) groups excluding carboxylic acids is 2. The highest BCUT2D eigenvalue weighted by Gasteiger charge is 2.27. The maximum atomic E-state index is 12.7. The van der Waals surface area contributed by atoms with E-state index in [0.717, 1.165) is 7.14 Å². The van der Waals surface area contributed by atoms with Crippen molar-refractivity contribution in [3.8, 4) is 0 Å². The van der Waals surface area contributed by atoms with Crippen molar-refractivity contribution in [1.29, 1.82) is 0 Å². The number of Topliss-reactive ketones (excluding diaryl/α,β-unsaturated/α-hetero) is 1. The average molecular weight is 696 g/mol. The number of hydrogen-bond donors (Lipinski definition) is 1. The van der Waals surface area contributed by atoms with E-state index in [1.807, 2.05) is 22.6 Å². The van der Waals surface area contributed by atoms with Crippen molar-refractivity contribution in [2.45, 2.75) is 33.0 Å². The maximum Gasteiger partial charge on any atom is 0.339 e. The van der Waals surface area contributed by atoms with Crippen LogP contribution in [0, 0.1) is 24.6 Å². The van der Waals surface area contributed by atoms with Crippen molar-refractivity contribution in [1.82, 2.24) is 0 Å². The minimum atomic E-state index is -0.599. The normalized spacial score (nSPS) is 14.6. The molecule has 0 bridgehead atoms. The third-order valence-electron chi connectivity index (χ3n) is 4.67. The zero-order chi connectivity index (χ0) is 25.6. The molecule has 0 saturated heterocycles. The highest BCUT2D eigenvalue weighted by molar-refractivity contribution is 14.1. The highest BCUT2D eigenvalue weighted by Crippen LogP contribution is 2.30. The van der Waals surface area contributed by atoms with Crippen LogP contribution in [-0.4, -0.2) is 16.9 Å². The molecule has 0 saturated carbocycles. The van der Waals surface area contributed by atoms with Crippen LogP contribution in [0.1, 0.15) is 64.8 Å². The van der Waals surface area contributed by atoms with Crippen LogP contribution in [0.25, 0.3) is 0 Å². The van der Waals surface area contributed by atoms with Crippen LogP contribution in [0.15, 0.2) is 54.6 Å². The topological polar surface area (TPSA) is 63.6 Å². The Morgan fingerprint density at radius 2 is 1.47 bits per heavy atom. The molecule has 0 spiro atoms. The Labute approximate surface area is 222 Å². The molecule has 180 valence electrons. The second-order valence-electron chi connectivity index (χ2n) is 7.30. The predicted octanol–water partition coefficient (Wildman–Crippen LogP) is 7.17. The number of esters is 1. The number of benzene rings is 3. The summed E-state index contributed by atoms with van der Waals surface area (Å²) in [6.45, 7) is 4.77. The zero-order valence-electron chi connectivity index (χ0n) is 18.4. The van der Waals surface area contributed by atoms with Crippen LogP contribution in [0.3, 0.4) is 0 Å². The number of aliphatic hydroxyl groups excluding tert-OH is 1. The molecule has 1 aliphatic heterocycles. The Balaban J connectivity index is 0.000000181. The van der Waals surface area contributed by atoms with Gasteiger partial charge in [-0.05, 0) is 126 Å². The molecule has 0 fully saturated rings. The fraction of sp³-hybridized carbons (Fsp3) is 0.200. The molecule has 0 aliphatic carbocycles. The molecule has 0 unspecified atom stereocenters. The summed E-state index contributed by atoms with van der Waals surface area (Å²) in [5.41, 5.74) is 2.21. The summed E-state index contributed by atoms with van der Waals surface area (Å²) in [5.74, 6) is -1.47. The first-order valence-corrected chi connectivity index (χ1v) is 12.2. The zero-order valence-corrected chi connectivity index (χ0v) is 22.7. The van der Waals surface area contributed by atoms with Crippen molar-refractivity contribution in [2.24, 2.45) is 0 Å². The summed E-state index contributed by atoms with van der Waals surface area (Å²) in [4.78, 5) is 21.9. The van der Waals surface area contributed by atoms with Gasteiger partial charge in [-0.2, -0.15) is 0 Å². The van der Waals surface area contributed by atoms with E-state index in [0.29, 0.717) is 22.3 Å². The van der Waals surface area contributed by atoms with Crippen LogP contribution in [0.4, 0.5) is 13.2 Å². The van der Waals surface area contributed by atoms with Gasteiger partial charge in [-0.3, -0.25) is 4.79 Å². The molecular formula is C25H21F3I2O4. The Hall–Kier alpha value is -1.99. The lowest BCUT2D eigenvalue weighted by atomic mass is 10.1. The highest BCUT2D eigenvalue weighted by atomic mass is 127. The van der Waals surface area contributed by atoms with Gasteiger partial charge in [-0.25, -0.2) is 18.0 Å². The van der Waals surface area contributed by atoms with Crippen LogP contribution >= 0.6 is 45.2 Å². The average Bonchev–Trinajstić information content (AvgIpc) is 3.05. The first kappa shape index (κ1) is 28.2. The third kappa shape index (κ3) is 7.77. The van der Waals surface area contributed by atoms with Crippen molar-refractivity contribution >= 4 is 56.9 Å². The molecule has 0 amide bonds. The van der Waals surface area contributed by atoms with Crippen LogP contribution in [0.2, 0.25) is 0 Å². The molecule has 0 radical (unpaired) electrons. The van der Waals surface area contributed by atoms with E-state index in [1.54, 1.807) is 26.0 Å². The van der Waals surface area contributed by atoms with Crippen molar-refractivity contribution < 1.29 is 32.6 Å². The summed E-state index contributed by atoms with van der Waals surface area (Å²) < 4.78 is 44.4. The number of cyclic esters (lactones) is 1. The van der Waals surface area contributed by atoms with Crippen LogP contribution in [-0.2, 0) is 4.74 Å². The van der Waals surface area contributed by atoms with Gasteiger partial charge in [0.15, 0.2) is 5.78 Å². The third-order valence-corrected chi connectivity index (χ3v) is 6.59. The molecule has 4 rings (SSSR count). The summed E-state index contributed by atoms with van der Waals surface area (Å²) in [6, 6.07) is 12.6. The van der Waals surface area contributed by atoms with Crippen molar-refractivity contribution in [3.05, 3.63) is 101 Å². The standard InChI is InChI=1S/C9H7FO2.C8H8FIO.C8H6FIO/c1-5-8-4-6(10)2-3-7(8)9(11)12-5;2*1-5(11)7-4-6(9)2-3-8(7)10/h2-5H,1H3;2-5,11H,1H3;2-4H,1H3/t2*5-;/m00./s1. The molecule has 1 N–H and O–H groups in total. The van der Waals surface area contributed by atoms with Crippen molar-refractivity contribution in [3.63, 3.8) is 0 Å². The molecule has 9 heteroatoms. The lowest BCUT2D eigenvalue weighted by Gasteiger charge is -2.06. The van der Waals surface area contributed by atoms with E-state index in [2.05, 4.69) is 22.6 Å². The lowest BCUT2D eigenvalue weighted by Crippen LogP contribution is -1.96. The van der Waals surface area contributed by atoms with E-state index in [-0.39, 0.29) is 35.3 Å². The fourth-order valence-electron chi connectivity index (χ4n) is 2.95. The first-order valence-electron chi connectivity index (χ1n) is 10.00. The number of ether oxygens (including phenoxy) is 1. The van der Waals surface area contributed by atoms with Gasteiger partial charge in [0.05, 0.1) is 11.7 Å². The van der Waals surface area contributed by atoms with Crippen LogP contribution in [0.5, 0.6) is 0 Å². The predicted molar refractivity (Wildman–Crippen MR) is 139 cm³/mol. The molecule has 4 nitrogen and oxygen atoms in total. The van der Waals surface area contributed by atoms with Gasteiger partial charge in [0.2, 0.25) is 0 Å². The number of hydrogen-bond acceptors (Lipinski definition) is 4. The molecule has 1 aliphatic rings. The second-order valence-corrected chi connectivity index (χ2v) is 9.63. The van der Waals surface area contributed by atoms with Gasteiger partial charge in [0.25, 0.3) is 0 Å². The Kier molecular flexibility index (Phi) is 10.5. The molecule has 3 aromatic carbocycles. The lowest BCUT2D eigenvalue weighted by molar-refractivity contribution is 0.0421. The number of halogens is 5. The van der Waals surface area contributed by atoms with Crippen LogP contribution < -0.4 is 0 Å². The van der Waals surface area contributed by atoms with Gasteiger partial charge >= 0.3 is 5.97 Å². The van der Waals surface area contributed by atoms with E-state index in [9.17, 15) is 22.8 Å². The van der Waals surface area contributed by atoms with E-state index >= 15 is 0 Å². The quantitative estimate of drug-likeness (QED) is 0.176. The van der Waals surface area contributed by atoms with Gasteiger partial charge in [0, 0.05) is 18.3 Å². The second kappa shape index (κ2) is 12.6. The largest absolute Gasteiger partial charge is 0.454 e. The number of fused-ring (bicyclic) bond motifs is 1. The molecule has 1 heterocycles. The minimum absolute atomic E-state index is 0.103. The SMILES string of the molecule is CC(=O)c1cc(F)ccc1I.C[C@@H]1OC(=O)c2ccc(F)cc21.C[C@H](O)c1cc(F)ccc1I. The van der Waals surface area contributed by atoms with E-state index < -0.39 is 6.10 Å². The molecule has 2 atom stereocenters. The van der Waals surface area contributed by atoms with Gasteiger partial charge < -0.3 is 9.84 Å². The first-order chi connectivity index (χ1) is 15.9. The van der Waals surface area contributed by atoms with Gasteiger partial charge in [-0.1, -0.05) is 0 Å². The summed E-state index contributed by atoms with van der Waals surface area (Å²) in [5, 5.41) is 9.16. The Morgan fingerprint density at radius 3 is 2.00 bits per heavy atom. The number of ketones is 1. The molecule has 0 aromatic heterocycles. The van der Waals surface area contributed by atoms with Gasteiger partial charge in [-0.15, -0.1) is 0 Å². The molecule has 3 aromatic rings. The summed E-state index contributed by atoms with van der Waals surface area (Å²) in [7, 11) is 0. The summed E-state index contributed by atoms with van der Waals surface area (Å²) >= 11 is 4.07. The molecule has 34 heavy (non-hydrogen) atoms. The fourth-order valence-corrected chi connectivity index (χ4v) is 4.45. The summed E-state index contributed by atoms with van der Waals surface area (Å²) in [6.07, 6.45) is -0.916. The Morgan fingerprint density at radius 1 is 0.941 bits per heavy atom. The monoisotopic (exact) mass is 696 g/mol. The van der Waals surface area contributed by atoms with E-state index in [1.165, 1.54) is 49.4 Å². The van der Waals surface area contributed by atoms with Gasteiger partial charge in [0.1, 0.15) is 23.6 Å². The Bertz CT molecular complexity index is 1200. The van der Waals surface area contributed by atoms with Crippen molar-refractivity contribution in [2.75, 3.05) is 0 Å². The smallest absolute Gasteiger partial charge is 0.339 e. The number of rotatable bonds is 2. The van der Waals surface area contributed by atoms with E-state index in [4.69, 9.17) is 9.84 Å². The minimum Gasteiger partial charge on any atom is -0.454 e. The number of carbonyl (C=O) groups is 2. The molecular weight excluding hydrogens is 675 g/mol.